The Balaban J connectivity index is 1.46. The smallest absolute Gasteiger partial charge is 0.308 e. The van der Waals surface area contributed by atoms with Gasteiger partial charge < -0.3 is 39.4 Å². The van der Waals surface area contributed by atoms with Crippen LogP contribution >= 0.6 is 0 Å². The van der Waals surface area contributed by atoms with E-state index in [0.717, 1.165) is 29.7 Å². The van der Waals surface area contributed by atoms with E-state index in [1.807, 2.05) is 65.6 Å². The number of carboxylic acid groups (broad SMARTS) is 1. The third-order valence-electron chi connectivity index (χ3n) is 8.72. The van der Waals surface area contributed by atoms with Crippen LogP contribution in [-0.4, -0.2) is 75.2 Å². The van der Waals surface area contributed by atoms with Gasteiger partial charge in [-0.05, 0) is 60.4 Å². The summed E-state index contributed by atoms with van der Waals surface area (Å²) >= 11 is 0. The van der Waals surface area contributed by atoms with Gasteiger partial charge in [0, 0.05) is 37.3 Å². The maximum Gasteiger partial charge on any atom is 0.308 e. The van der Waals surface area contributed by atoms with Crippen molar-refractivity contribution in [1.82, 2.24) is 4.90 Å². The fraction of sp³-hybridized carbons (Fsp3) is 0.429. The number of ether oxygens (including phenoxy) is 5. The minimum atomic E-state index is -0.947. The number of benzene rings is 3. The monoisotopic (exact) mass is 633 g/mol. The number of hydrogen-bond acceptors (Lipinski definition) is 9. The number of nitrogens with two attached hydrogens (primary N) is 1. The molecule has 11 nitrogen and oxygen atoms in total. The van der Waals surface area contributed by atoms with Gasteiger partial charge in [-0.2, -0.15) is 0 Å². The summed E-state index contributed by atoms with van der Waals surface area (Å²) < 4.78 is 28.3. The van der Waals surface area contributed by atoms with Crippen molar-refractivity contribution in [3.63, 3.8) is 0 Å². The quantitative estimate of drug-likeness (QED) is 0.243. The number of nitrogens with zero attached hydrogens (tertiary/aromatic N) is 2. The molecule has 246 valence electrons. The molecule has 2 heterocycles. The standard InChI is InChI=1S/C35H43N3O8/c1-4-5-14-38(25-10-8-9-23(16-25)19-36)32(39)21-37-20-26(24-17-30(43-3)34-31(18-24)45-22-46-34)33(35(40)41)27(37)13-15-44-29-12-7-6-11-28(29)42-2/h6-12,16-18,26-27,33H,4-5,13-15,19-22,36H2,1-3H3,(H,40,41). The molecule has 1 saturated heterocycles. The average molecular weight is 634 g/mol. The van der Waals surface area contributed by atoms with Crippen molar-refractivity contribution >= 4 is 17.6 Å². The Kier molecular flexibility index (Phi) is 10.9. The van der Waals surface area contributed by atoms with Gasteiger partial charge in [0.25, 0.3) is 0 Å². The van der Waals surface area contributed by atoms with E-state index in [-0.39, 0.29) is 25.9 Å². The lowest BCUT2D eigenvalue weighted by Crippen LogP contribution is -2.45. The second-order valence-corrected chi connectivity index (χ2v) is 11.5. The lowest BCUT2D eigenvalue weighted by Gasteiger charge is -2.30. The second kappa shape index (κ2) is 15.2. The molecule has 11 heteroatoms. The van der Waals surface area contributed by atoms with Crippen LogP contribution in [0.2, 0.25) is 0 Å². The predicted octanol–water partition coefficient (Wildman–Crippen LogP) is 4.66. The SMILES string of the molecule is CCCCN(C(=O)CN1CC(c2cc(OC)c3c(c2)OCO3)C(C(=O)O)C1CCOc1ccccc1OC)c1cccc(CN)c1. The molecule has 5 rings (SSSR count). The first-order chi connectivity index (χ1) is 22.4. The number of para-hydroxylation sites is 2. The maximum atomic E-state index is 14.1. The summed E-state index contributed by atoms with van der Waals surface area (Å²) in [6.45, 7) is 3.67. The number of fused-ring (bicyclic) bond motifs is 1. The van der Waals surface area contributed by atoms with Crippen LogP contribution in [0.4, 0.5) is 5.69 Å². The van der Waals surface area contributed by atoms with Crippen LogP contribution in [-0.2, 0) is 16.1 Å². The molecule has 2 aliphatic rings. The number of anilines is 1. The third-order valence-corrected chi connectivity index (χ3v) is 8.72. The molecule has 0 aliphatic carbocycles. The number of rotatable bonds is 15. The highest BCUT2D eigenvalue weighted by Gasteiger charge is 2.47. The van der Waals surface area contributed by atoms with E-state index < -0.39 is 23.8 Å². The minimum Gasteiger partial charge on any atom is -0.493 e. The Morgan fingerprint density at radius 3 is 2.52 bits per heavy atom. The second-order valence-electron chi connectivity index (χ2n) is 11.5. The van der Waals surface area contributed by atoms with E-state index in [4.69, 9.17) is 29.4 Å². The molecule has 46 heavy (non-hydrogen) atoms. The molecule has 0 saturated carbocycles. The van der Waals surface area contributed by atoms with E-state index in [9.17, 15) is 14.7 Å². The number of carbonyl (C=O) groups is 2. The van der Waals surface area contributed by atoms with Gasteiger partial charge in [0.15, 0.2) is 23.0 Å². The van der Waals surface area contributed by atoms with Gasteiger partial charge in [0.2, 0.25) is 18.4 Å². The molecule has 0 spiro atoms. The molecular weight excluding hydrogens is 590 g/mol. The van der Waals surface area contributed by atoms with E-state index in [1.165, 1.54) is 7.11 Å². The van der Waals surface area contributed by atoms with Gasteiger partial charge in [-0.3, -0.25) is 14.5 Å². The first-order valence-electron chi connectivity index (χ1n) is 15.7. The number of carboxylic acids is 1. The van der Waals surface area contributed by atoms with Gasteiger partial charge in [0.05, 0.1) is 33.3 Å². The van der Waals surface area contributed by atoms with Crippen LogP contribution in [0.5, 0.6) is 28.7 Å². The molecule has 1 fully saturated rings. The topological polar surface area (TPSA) is 133 Å². The molecule has 1 amide bonds. The van der Waals surface area contributed by atoms with E-state index in [0.29, 0.717) is 54.8 Å². The number of hydrogen-bond donors (Lipinski definition) is 2. The summed E-state index contributed by atoms with van der Waals surface area (Å²) in [5, 5.41) is 10.7. The number of aliphatic carboxylic acids is 1. The molecule has 2 aliphatic heterocycles. The van der Waals surface area contributed by atoms with Crippen molar-refractivity contribution in [3.05, 3.63) is 71.8 Å². The Labute approximate surface area is 269 Å². The molecule has 0 bridgehead atoms. The summed E-state index contributed by atoms with van der Waals surface area (Å²) in [7, 11) is 3.11. The lowest BCUT2D eigenvalue weighted by molar-refractivity contribution is -0.143. The molecule has 3 atom stereocenters. The van der Waals surface area contributed by atoms with Gasteiger partial charge >= 0.3 is 5.97 Å². The third kappa shape index (κ3) is 7.16. The predicted molar refractivity (Wildman–Crippen MR) is 173 cm³/mol. The van der Waals surface area contributed by atoms with E-state index >= 15 is 0 Å². The highest BCUT2D eigenvalue weighted by Crippen LogP contribution is 2.47. The van der Waals surface area contributed by atoms with Gasteiger partial charge in [-0.25, -0.2) is 0 Å². The Hall–Kier alpha value is -4.48. The molecule has 3 unspecified atom stereocenters. The highest BCUT2D eigenvalue weighted by molar-refractivity contribution is 5.95. The van der Waals surface area contributed by atoms with Crippen molar-refractivity contribution in [3.8, 4) is 28.7 Å². The molecular formula is C35H43N3O8. The number of methoxy groups -OCH3 is 2. The normalized spacial score (nSPS) is 18.7. The fourth-order valence-corrected chi connectivity index (χ4v) is 6.41. The summed E-state index contributed by atoms with van der Waals surface area (Å²) in [5.41, 5.74) is 8.37. The van der Waals surface area contributed by atoms with Crippen molar-refractivity contribution in [1.29, 1.82) is 0 Å². The zero-order chi connectivity index (χ0) is 32.6. The van der Waals surface area contributed by atoms with Gasteiger partial charge in [-0.15, -0.1) is 0 Å². The first-order valence-corrected chi connectivity index (χ1v) is 15.7. The van der Waals surface area contributed by atoms with E-state index in [1.54, 1.807) is 12.0 Å². The van der Waals surface area contributed by atoms with Gasteiger partial charge in [-0.1, -0.05) is 37.6 Å². The first kappa shape index (κ1) is 32.9. The Bertz CT molecular complexity index is 1510. The van der Waals surface area contributed by atoms with Crippen LogP contribution in [0.1, 0.15) is 43.2 Å². The van der Waals surface area contributed by atoms with E-state index in [2.05, 4.69) is 6.92 Å². The number of unbranched alkanes of at least 4 members (excludes halogenated alkanes) is 1. The van der Waals surface area contributed by atoms with Crippen LogP contribution in [0.25, 0.3) is 0 Å². The summed E-state index contributed by atoms with van der Waals surface area (Å²) in [6.07, 6.45) is 2.12. The van der Waals surface area contributed by atoms with Crippen LogP contribution in [0.3, 0.4) is 0 Å². The summed E-state index contributed by atoms with van der Waals surface area (Å²) in [6, 6.07) is 18.2. The number of amides is 1. The van der Waals surface area contributed by atoms with Crippen molar-refractivity contribution in [2.45, 2.75) is 44.7 Å². The molecule has 0 radical (unpaired) electrons. The highest BCUT2D eigenvalue weighted by atomic mass is 16.7. The zero-order valence-corrected chi connectivity index (χ0v) is 26.6. The van der Waals surface area contributed by atoms with Gasteiger partial charge in [0.1, 0.15) is 0 Å². The fourth-order valence-electron chi connectivity index (χ4n) is 6.41. The van der Waals surface area contributed by atoms with Crippen molar-refractivity contribution in [2.24, 2.45) is 11.7 Å². The van der Waals surface area contributed by atoms with Crippen molar-refractivity contribution < 1.29 is 38.4 Å². The van der Waals surface area contributed by atoms with Crippen LogP contribution in [0, 0.1) is 5.92 Å². The van der Waals surface area contributed by atoms with Crippen LogP contribution < -0.4 is 34.3 Å². The average Bonchev–Trinajstić information content (AvgIpc) is 3.69. The van der Waals surface area contributed by atoms with Crippen molar-refractivity contribution in [2.75, 3.05) is 52.2 Å². The molecule has 3 aromatic carbocycles. The largest absolute Gasteiger partial charge is 0.493 e. The summed E-state index contributed by atoms with van der Waals surface area (Å²) in [4.78, 5) is 30.9. The maximum absolute atomic E-state index is 14.1. The molecule has 3 N–H and O–H groups in total. The minimum absolute atomic E-state index is 0.0395. The number of carbonyl (C=O) groups excluding carboxylic acids is 1. The lowest BCUT2D eigenvalue weighted by atomic mass is 9.84. The Morgan fingerprint density at radius 2 is 1.80 bits per heavy atom. The number of likely N-dealkylation sites (tertiary alicyclic amines) is 1. The molecule has 0 aromatic heterocycles. The molecule has 3 aromatic rings. The zero-order valence-electron chi connectivity index (χ0n) is 26.6. The summed E-state index contributed by atoms with van der Waals surface area (Å²) in [5.74, 6) is 0.311. The van der Waals surface area contributed by atoms with Crippen LogP contribution in [0.15, 0.2) is 60.7 Å². The Morgan fingerprint density at radius 1 is 1.02 bits per heavy atom.